The summed E-state index contributed by atoms with van der Waals surface area (Å²) in [5.41, 5.74) is 0.664. The molecule has 6 nitrogen and oxygen atoms in total. The highest BCUT2D eigenvalue weighted by Crippen LogP contribution is 2.35. The molecule has 1 aromatic heterocycles. The number of pyridine rings is 1. The van der Waals surface area contributed by atoms with Crippen LogP contribution in [0.3, 0.4) is 0 Å². The summed E-state index contributed by atoms with van der Waals surface area (Å²) in [4.78, 5) is 20.3. The van der Waals surface area contributed by atoms with Crippen molar-refractivity contribution in [2.45, 2.75) is 75.5 Å². The SMILES string of the molecule is O=C(NC1CCC(Oc2ccc3ncccc3c2)CC1)C1(N2CCOCC2)CCCCC1. The Balaban J connectivity index is 1.17. The Labute approximate surface area is 190 Å². The molecular weight excluding hydrogens is 402 g/mol. The predicted molar refractivity (Wildman–Crippen MR) is 125 cm³/mol. The monoisotopic (exact) mass is 437 g/mol. The van der Waals surface area contributed by atoms with E-state index in [-0.39, 0.29) is 23.6 Å². The van der Waals surface area contributed by atoms with Crippen LogP contribution in [0.5, 0.6) is 5.75 Å². The fourth-order valence-electron chi connectivity index (χ4n) is 5.78. The molecule has 6 heteroatoms. The Morgan fingerprint density at radius 2 is 1.84 bits per heavy atom. The van der Waals surface area contributed by atoms with Crippen molar-refractivity contribution in [2.24, 2.45) is 0 Å². The lowest BCUT2D eigenvalue weighted by atomic mass is 9.78. The molecule has 2 heterocycles. The average molecular weight is 438 g/mol. The first-order valence-electron chi connectivity index (χ1n) is 12.4. The number of nitrogens with zero attached hydrogens (tertiary/aromatic N) is 2. The fraction of sp³-hybridized carbons (Fsp3) is 0.615. The largest absolute Gasteiger partial charge is 0.490 e. The normalized spacial score (nSPS) is 26.5. The lowest BCUT2D eigenvalue weighted by Crippen LogP contribution is -2.63. The Bertz CT molecular complexity index is 913. The molecule has 172 valence electrons. The Morgan fingerprint density at radius 1 is 1.06 bits per heavy atom. The summed E-state index contributed by atoms with van der Waals surface area (Å²) >= 11 is 0. The first-order valence-corrected chi connectivity index (χ1v) is 12.4. The van der Waals surface area contributed by atoms with Crippen molar-refractivity contribution in [3.05, 3.63) is 36.5 Å². The van der Waals surface area contributed by atoms with Gasteiger partial charge in [0, 0.05) is 30.7 Å². The molecule has 0 bridgehead atoms. The van der Waals surface area contributed by atoms with E-state index in [1.807, 2.05) is 24.4 Å². The number of amides is 1. The third-order valence-corrected chi connectivity index (χ3v) is 7.61. The predicted octanol–water partition coefficient (Wildman–Crippen LogP) is 4.08. The minimum absolute atomic E-state index is 0.208. The zero-order valence-electron chi connectivity index (χ0n) is 18.9. The molecule has 2 aliphatic carbocycles. The maximum absolute atomic E-state index is 13.6. The quantitative estimate of drug-likeness (QED) is 0.764. The summed E-state index contributed by atoms with van der Waals surface area (Å²) in [6.45, 7) is 3.22. The van der Waals surface area contributed by atoms with Crippen LogP contribution < -0.4 is 10.1 Å². The Hall–Kier alpha value is -2.18. The van der Waals surface area contributed by atoms with E-state index in [0.717, 1.165) is 94.3 Å². The van der Waals surface area contributed by atoms with Crippen LogP contribution in [0.4, 0.5) is 0 Å². The maximum Gasteiger partial charge on any atom is 0.240 e. The van der Waals surface area contributed by atoms with E-state index in [1.54, 1.807) is 0 Å². The molecule has 1 aliphatic heterocycles. The summed E-state index contributed by atoms with van der Waals surface area (Å²) in [7, 11) is 0. The molecule has 3 fully saturated rings. The summed E-state index contributed by atoms with van der Waals surface area (Å²) < 4.78 is 11.8. The Morgan fingerprint density at radius 3 is 2.62 bits per heavy atom. The molecule has 5 rings (SSSR count). The van der Waals surface area contributed by atoms with Gasteiger partial charge in [-0.05, 0) is 62.8 Å². The van der Waals surface area contributed by atoms with E-state index in [4.69, 9.17) is 9.47 Å². The lowest BCUT2D eigenvalue weighted by molar-refractivity contribution is -0.141. The van der Waals surface area contributed by atoms with Crippen LogP contribution in [0.15, 0.2) is 36.5 Å². The van der Waals surface area contributed by atoms with Gasteiger partial charge in [0.25, 0.3) is 0 Å². The average Bonchev–Trinajstić information content (AvgIpc) is 2.86. The van der Waals surface area contributed by atoms with Crippen LogP contribution in [0, 0.1) is 0 Å². The molecule has 0 spiro atoms. The van der Waals surface area contributed by atoms with Crippen molar-refractivity contribution in [3.63, 3.8) is 0 Å². The van der Waals surface area contributed by atoms with Gasteiger partial charge in [-0.1, -0.05) is 25.3 Å². The summed E-state index contributed by atoms with van der Waals surface area (Å²) in [5, 5.41) is 4.55. The highest BCUT2D eigenvalue weighted by Gasteiger charge is 2.45. The highest BCUT2D eigenvalue weighted by atomic mass is 16.5. The molecule has 3 aliphatic rings. The number of benzene rings is 1. The van der Waals surface area contributed by atoms with E-state index >= 15 is 0 Å². The summed E-state index contributed by atoms with van der Waals surface area (Å²) in [6.07, 6.45) is 11.4. The first-order chi connectivity index (χ1) is 15.7. The van der Waals surface area contributed by atoms with Crippen LogP contribution in [0.2, 0.25) is 0 Å². The highest BCUT2D eigenvalue weighted by molar-refractivity contribution is 5.86. The van der Waals surface area contributed by atoms with Crippen molar-refractivity contribution >= 4 is 16.8 Å². The second-order valence-electron chi connectivity index (χ2n) is 9.61. The van der Waals surface area contributed by atoms with Gasteiger partial charge < -0.3 is 14.8 Å². The zero-order chi connectivity index (χ0) is 21.8. The van der Waals surface area contributed by atoms with Gasteiger partial charge in [0.15, 0.2) is 0 Å². The van der Waals surface area contributed by atoms with E-state index < -0.39 is 0 Å². The minimum Gasteiger partial charge on any atom is -0.490 e. The topological polar surface area (TPSA) is 63.7 Å². The third-order valence-electron chi connectivity index (χ3n) is 7.61. The van der Waals surface area contributed by atoms with E-state index in [0.29, 0.717) is 0 Å². The van der Waals surface area contributed by atoms with Crippen LogP contribution in [-0.4, -0.2) is 59.8 Å². The standard InChI is InChI=1S/C26H35N3O3/c30-25(26(12-2-1-3-13-26)29-15-17-31-18-16-29)28-21-6-8-22(9-7-21)32-23-10-11-24-20(19-23)5-4-14-27-24/h4-5,10-11,14,19,21-22H,1-3,6-9,12-13,15-18H2,(H,28,30). The molecule has 1 aromatic carbocycles. The van der Waals surface area contributed by atoms with Crippen molar-refractivity contribution in [3.8, 4) is 5.75 Å². The molecule has 1 amide bonds. The molecule has 2 aromatic rings. The number of carbonyl (C=O) groups excluding carboxylic acids is 1. The molecule has 32 heavy (non-hydrogen) atoms. The summed E-state index contributed by atoms with van der Waals surface area (Å²) in [6, 6.07) is 10.4. The second-order valence-corrected chi connectivity index (χ2v) is 9.61. The van der Waals surface area contributed by atoms with Crippen molar-refractivity contribution < 1.29 is 14.3 Å². The van der Waals surface area contributed by atoms with E-state index in [1.165, 1.54) is 6.42 Å². The van der Waals surface area contributed by atoms with Crippen LogP contribution in [0.25, 0.3) is 10.9 Å². The van der Waals surface area contributed by atoms with E-state index in [2.05, 4.69) is 27.3 Å². The number of carbonyl (C=O) groups is 1. The van der Waals surface area contributed by atoms with Gasteiger partial charge in [0.2, 0.25) is 5.91 Å². The minimum atomic E-state index is -0.325. The Kier molecular flexibility index (Phi) is 6.60. The smallest absolute Gasteiger partial charge is 0.240 e. The van der Waals surface area contributed by atoms with Crippen LogP contribution >= 0.6 is 0 Å². The van der Waals surface area contributed by atoms with Crippen LogP contribution in [-0.2, 0) is 9.53 Å². The molecule has 2 saturated carbocycles. The van der Waals surface area contributed by atoms with Gasteiger partial charge in [-0.3, -0.25) is 14.7 Å². The van der Waals surface area contributed by atoms with E-state index in [9.17, 15) is 4.79 Å². The molecule has 1 N–H and O–H groups in total. The van der Waals surface area contributed by atoms with Gasteiger partial charge in [-0.15, -0.1) is 0 Å². The second kappa shape index (κ2) is 9.75. The number of hydrogen-bond acceptors (Lipinski definition) is 5. The molecule has 0 radical (unpaired) electrons. The molecule has 0 unspecified atom stereocenters. The molecule has 0 atom stereocenters. The fourth-order valence-corrected chi connectivity index (χ4v) is 5.78. The van der Waals surface area contributed by atoms with Gasteiger partial charge >= 0.3 is 0 Å². The number of hydrogen-bond donors (Lipinski definition) is 1. The molecule has 1 saturated heterocycles. The first kappa shape index (κ1) is 21.7. The van der Waals surface area contributed by atoms with Gasteiger partial charge in [-0.25, -0.2) is 0 Å². The van der Waals surface area contributed by atoms with Gasteiger partial charge in [0.1, 0.15) is 11.3 Å². The number of aromatic nitrogens is 1. The van der Waals surface area contributed by atoms with Gasteiger partial charge in [0.05, 0.1) is 24.8 Å². The number of nitrogens with one attached hydrogen (secondary N) is 1. The maximum atomic E-state index is 13.6. The zero-order valence-corrected chi connectivity index (χ0v) is 18.9. The number of ether oxygens (including phenoxy) is 2. The number of fused-ring (bicyclic) bond motifs is 1. The number of rotatable bonds is 5. The van der Waals surface area contributed by atoms with Crippen molar-refractivity contribution in [1.82, 2.24) is 15.2 Å². The van der Waals surface area contributed by atoms with Crippen molar-refractivity contribution in [2.75, 3.05) is 26.3 Å². The third kappa shape index (κ3) is 4.62. The lowest BCUT2D eigenvalue weighted by Gasteiger charge is -2.47. The number of morpholine rings is 1. The molecular formula is C26H35N3O3. The van der Waals surface area contributed by atoms with Gasteiger partial charge in [-0.2, -0.15) is 0 Å². The van der Waals surface area contributed by atoms with Crippen LogP contribution in [0.1, 0.15) is 57.8 Å². The van der Waals surface area contributed by atoms with Crippen molar-refractivity contribution in [1.29, 1.82) is 0 Å². The summed E-state index contributed by atoms with van der Waals surface area (Å²) in [5.74, 6) is 1.16.